The summed E-state index contributed by atoms with van der Waals surface area (Å²) in [5.74, 6) is 0.997. The van der Waals surface area contributed by atoms with Crippen molar-refractivity contribution in [3.8, 4) is 5.75 Å². The van der Waals surface area contributed by atoms with Gasteiger partial charge in [0.25, 0.3) is 0 Å². The highest BCUT2D eigenvalue weighted by atomic mass is 16.5. The molecule has 1 rings (SSSR count). The summed E-state index contributed by atoms with van der Waals surface area (Å²) in [6.07, 6.45) is 3.61. The Morgan fingerprint density at radius 1 is 1.38 bits per heavy atom. The zero-order chi connectivity index (χ0) is 11.8. The van der Waals surface area contributed by atoms with Crippen LogP contribution in [0.25, 0.3) is 0 Å². The van der Waals surface area contributed by atoms with E-state index >= 15 is 0 Å². The molecular weight excluding hydrogens is 198 g/mol. The van der Waals surface area contributed by atoms with Gasteiger partial charge < -0.3 is 10.1 Å². The largest absolute Gasteiger partial charge is 0.491 e. The van der Waals surface area contributed by atoms with E-state index in [9.17, 15) is 0 Å². The topological polar surface area (TPSA) is 21.3 Å². The van der Waals surface area contributed by atoms with E-state index in [1.165, 1.54) is 5.56 Å². The van der Waals surface area contributed by atoms with Crippen molar-refractivity contribution in [3.63, 3.8) is 0 Å². The molecule has 1 atom stereocenters. The number of ether oxygens (including phenoxy) is 1. The van der Waals surface area contributed by atoms with Gasteiger partial charge in [0.1, 0.15) is 5.75 Å². The molecule has 0 bridgehead atoms. The molecule has 0 aliphatic rings. The van der Waals surface area contributed by atoms with Crippen LogP contribution in [0.5, 0.6) is 5.75 Å². The van der Waals surface area contributed by atoms with E-state index in [1.54, 1.807) is 0 Å². The van der Waals surface area contributed by atoms with E-state index in [0.717, 1.165) is 31.6 Å². The van der Waals surface area contributed by atoms with E-state index in [0.29, 0.717) is 6.10 Å². The Morgan fingerprint density at radius 2 is 2.19 bits per heavy atom. The summed E-state index contributed by atoms with van der Waals surface area (Å²) in [5.41, 5.74) is 1.33. The Kier molecular flexibility index (Phi) is 5.94. The SMILES string of the molecule is CCc1cccc(OC(C)CCCNC)c1. The van der Waals surface area contributed by atoms with Crippen LogP contribution in [0.4, 0.5) is 0 Å². The van der Waals surface area contributed by atoms with E-state index in [1.807, 2.05) is 13.1 Å². The smallest absolute Gasteiger partial charge is 0.119 e. The molecule has 0 spiro atoms. The first kappa shape index (κ1) is 13.0. The minimum absolute atomic E-state index is 0.292. The van der Waals surface area contributed by atoms with Gasteiger partial charge >= 0.3 is 0 Å². The minimum Gasteiger partial charge on any atom is -0.491 e. The predicted molar refractivity (Wildman–Crippen MR) is 69.1 cm³/mol. The molecular formula is C14H23NO. The molecule has 1 unspecified atom stereocenters. The van der Waals surface area contributed by atoms with Crippen LogP contribution in [-0.4, -0.2) is 19.7 Å². The van der Waals surface area contributed by atoms with E-state index in [2.05, 4.69) is 37.4 Å². The van der Waals surface area contributed by atoms with Gasteiger partial charge in [0, 0.05) is 0 Å². The van der Waals surface area contributed by atoms with Gasteiger partial charge in [-0.25, -0.2) is 0 Å². The summed E-state index contributed by atoms with van der Waals surface area (Å²) in [5, 5.41) is 3.15. The number of hydrogen-bond donors (Lipinski definition) is 1. The van der Waals surface area contributed by atoms with Crippen LogP contribution in [0, 0.1) is 0 Å². The molecule has 0 radical (unpaired) electrons. The predicted octanol–water partition coefficient (Wildman–Crippen LogP) is 3.02. The van der Waals surface area contributed by atoms with Crippen molar-refractivity contribution in [2.45, 2.75) is 39.2 Å². The molecule has 0 amide bonds. The molecule has 90 valence electrons. The molecule has 0 aliphatic carbocycles. The first-order chi connectivity index (χ1) is 7.76. The normalized spacial score (nSPS) is 12.4. The van der Waals surface area contributed by atoms with Crippen LogP contribution in [-0.2, 0) is 6.42 Å². The highest BCUT2D eigenvalue weighted by molar-refractivity contribution is 5.28. The summed E-state index contributed by atoms with van der Waals surface area (Å²) < 4.78 is 5.88. The lowest BCUT2D eigenvalue weighted by atomic mass is 10.1. The summed E-state index contributed by atoms with van der Waals surface area (Å²) in [4.78, 5) is 0. The standard InChI is InChI=1S/C14H23NO/c1-4-13-8-5-9-14(11-13)16-12(2)7-6-10-15-3/h5,8-9,11-12,15H,4,6-7,10H2,1-3H3. The minimum atomic E-state index is 0.292. The monoisotopic (exact) mass is 221 g/mol. The Balaban J connectivity index is 2.39. The molecule has 0 saturated carbocycles. The van der Waals surface area contributed by atoms with Crippen LogP contribution >= 0.6 is 0 Å². The zero-order valence-electron chi connectivity index (χ0n) is 10.6. The lowest BCUT2D eigenvalue weighted by molar-refractivity contribution is 0.207. The molecule has 0 aromatic heterocycles. The van der Waals surface area contributed by atoms with Crippen LogP contribution < -0.4 is 10.1 Å². The number of nitrogens with one attached hydrogen (secondary N) is 1. The Bertz CT molecular complexity index is 299. The molecule has 16 heavy (non-hydrogen) atoms. The fourth-order valence-electron chi connectivity index (χ4n) is 1.70. The molecule has 0 saturated heterocycles. The van der Waals surface area contributed by atoms with Crippen LogP contribution in [0.3, 0.4) is 0 Å². The maximum absolute atomic E-state index is 5.88. The number of benzene rings is 1. The molecule has 1 N–H and O–H groups in total. The maximum atomic E-state index is 5.88. The Hall–Kier alpha value is -1.02. The van der Waals surface area contributed by atoms with Crippen molar-refractivity contribution in [3.05, 3.63) is 29.8 Å². The third kappa shape index (κ3) is 4.67. The molecule has 1 aromatic rings. The second-order valence-electron chi connectivity index (χ2n) is 4.18. The van der Waals surface area contributed by atoms with Gasteiger partial charge in [-0.15, -0.1) is 0 Å². The second kappa shape index (κ2) is 7.29. The van der Waals surface area contributed by atoms with Crippen molar-refractivity contribution >= 4 is 0 Å². The van der Waals surface area contributed by atoms with Crippen molar-refractivity contribution in [1.82, 2.24) is 5.32 Å². The quantitative estimate of drug-likeness (QED) is 0.715. The van der Waals surface area contributed by atoms with Gasteiger partial charge in [-0.1, -0.05) is 19.1 Å². The van der Waals surface area contributed by atoms with E-state index in [4.69, 9.17) is 4.74 Å². The first-order valence-electron chi connectivity index (χ1n) is 6.16. The third-order valence-corrected chi connectivity index (χ3v) is 2.68. The fraction of sp³-hybridized carbons (Fsp3) is 0.571. The van der Waals surface area contributed by atoms with Gasteiger partial charge in [-0.2, -0.15) is 0 Å². The van der Waals surface area contributed by atoms with Crippen molar-refractivity contribution in [2.75, 3.05) is 13.6 Å². The Labute approximate surface area is 99.0 Å². The van der Waals surface area contributed by atoms with Crippen LogP contribution in [0.15, 0.2) is 24.3 Å². The zero-order valence-corrected chi connectivity index (χ0v) is 10.6. The van der Waals surface area contributed by atoms with Gasteiger partial charge in [-0.05, 0) is 57.5 Å². The maximum Gasteiger partial charge on any atom is 0.119 e. The van der Waals surface area contributed by atoms with Gasteiger partial charge in [0.05, 0.1) is 6.10 Å². The second-order valence-corrected chi connectivity index (χ2v) is 4.18. The highest BCUT2D eigenvalue weighted by Crippen LogP contribution is 2.16. The van der Waals surface area contributed by atoms with Crippen molar-refractivity contribution in [2.24, 2.45) is 0 Å². The molecule has 0 heterocycles. The molecule has 2 nitrogen and oxygen atoms in total. The van der Waals surface area contributed by atoms with Gasteiger partial charge in [0.2, 0.25) is 0 Å². The van der Waals surface area contributed by atoms with Crippen LogP contribution in [0.1, 0.15) is 32.3 Å². The lowest BCUT2D eigenvalue weighted by Gasteiger charge is -2.15. The van der Waals surface area contributed by atoms with E-state index in [-0.39, 0.29) is 0 Å². The molecule has 1 aromatic carbocycles. The first-order valence-corrected chi connectivity index (χ1v) is 6.16. The number of hydrogen-bond acceptors (Lipinski definition) is 2. The number of rotatable bonds is 7. The van der Waals surface area contributed by atoms with E-state index < -0.39 is 0 Å². The fourth-order valence-corrected chi connectivity index (χ4v) is 1.70. The van der Waals surface area contributed by atoms with Crippen molar-refractivity contribution < 1.29 is 4.74 Å². The van der Waals surface area contributed by atoms with Gasteiger partial charge in [0.15, 0.2) is 0 Å². The summed E-state index contributed by atoms with van der Waals surface area (Å²) in [6.45, 7) is 5.35. The average Bonchev–Trinajstić information content (AvgIpc) is 2.29. The molecule has 0 fully saturated rings. The molecule has 0 aliphatic heterocycles. The average molecular weight is 221 g/mol. The number of aryl methyl sites for hydroxylation is 1. The lowest BCUT2D eigenvalue weighted by Crippen LogP contribution is -2.15. The highest BCUT2D eigenvalue weighted by Gasteiger charge is 2.03. The van der Waals surface area contributed by atoms with Crippen molar-refractivity contribution in [1.29, 1.82) is 0 Å². The summed E-state index contributed by atoms with van der Waals surface area (Å²) >= 11 is 0. The van der Waals surface area contributed by atoms with Gasteiger partial charge in [-0.3, -0.25) is 0 Å². The third-order valence-electron chi connectivity index (χ3n) is 2.68. The van der Waals surface area contributed by atoms with Crippen LogP contribution in [0.2, 0.25) is 0 Å². The summed E-state index contributed by atoms with van der Waals surface area (Å²) in [6, 6.07) is 8.37. The molecule has 2 heteroatoms. The summed E-state index contributed by atoms with van der Waals surface area (Å²) in [7, 11) is 1.98. The Morgan fingerprint density at radius 3 is 2.88 bits per heavy atom.